The lowest BCUT2D eigenvalue weighted by molar-refractivity contribution is 0.489. The molecule has 8 heteroatoms. The van der Waals surface area contributed by atoms with Gasteiger partial charge >= 0.3 is 0 Å². The van der Waals surface area contributed by atoms with Gasteiger partial charge in [-0.15, -0.1) is 11.3 Å². The number of aromatic nitrogens is 6. The molecule has 1 aliphatic carbocycles. The molecule has 0 spiro atoms. The summed E-state index contributed by atoms with van der Waals surface area (Å²) in [6.45, 7) is 7.82. The molecular weight excluding hydrogens is 490 g/mol. The molecule has 0 aromatic carbocycles. The second-order valence-corrected chi connectivity index (χ2v) is 10.8. The lowest BCUT2D eigenvalue weighted by Gasteiger charge is -2.11. The first-order valence-corrected chi connectivity index (χ1v) is 14.0. The summed E-state index contributed by atoms with van der Waals surface area (Å²) in [5.74, 6) is 1.50. The van der Waals surface area contributed by atoms with Gasteiger partial charge in [-0.1, -0.05) is 37.6 Å². The zero-order valence-electron chi connectivity index (χ0n) is 21.5. The number of hydrogen-bond acceptors (Lipinski definition) is 6. The van der Waals surface area contributed by atoms with Gasteiger partial charge in [-0.25, -0.2) is 9.97 Å². The predicted octanol–water partition coefficient (Wildman–Crippen LogP) is 6.68. The SMILES string of the molecule is C=C/C=C(/c1cccs1)c1nc(-c2n[nH]c3ccc(-c4cncc(CNCC5CCCC5)c4)nc23)[nH]c1C. The number of nitrogens with one attached hydrogen (secondary N) is 3. The number of rotatable bonds is 9. The Morgan fingerprint density at radius 3 is 2.89 bits per heavy atom. The van der Waals surface area contributed by atoms with Crippen molar-refractivity contribution in [3.63, 3.8) is 0 Å². The molecule has 0 bridgehead atoms. The molecule has 7 nitrogen and oxygen atoms in total. The van der Waals surface area contributed by atoms with E-state index < -0.39 is 0 Å². The molecule has 38 heavy (non-hydrogen) atoms. The van der Waals surface area contributed by atoms with Crippen LogP contribution >= 0.6 is 11.3 Å². The lowest BCUT2D eigenvalue weighted by Crippen LogP contribution is -2.20. The lowest BCUT2D eigenvalue weighted by atomic mass is 10.1. The summed E-state index contributed by atoms with van der Waals surface area (Å²) >= 11 is 1.68. The van der Waals surface area contributed by atoms with Crippen LogP contribution in [0.15, 0.2) is 66.8 Å². The van der Waals surface area contributed by atoms with Crippen molar-refractivity contribution in [3.05, 3.63) is 88.7 Å². The third-order valence-corrected chi connectivity index (χ3v) is 8.07. The van der Waals surface area contributed by atoms with Crippen molar-refractivity contribution in [1.82, 2.24) is 35.5 Å². The third-order valence-electron chi connectivity index (χ3n) is 7.17. The fraction of sp³-hybridized carbons (Fsp3) is 0.267. The maximum absolute atomic E-state index is 4.99. The van der Waals surface area contributed by atoms with Crippen LogP contribution in [0.3, 0.4) is 0 Å². The van der Waals surface area contributed by atoms with Crippen LogP contribution in [0, 0.1) is 12.8 Å². The van der Waals surface area contributed by atoms with Gasteiger partial charge in [-0.3, -0.25) is 10.1 Å². The Bertz CT molecular complexity index is 1590. The van der Waals surface area contributed by atoms with Crippen molar-refractivity contribution in [1.29, 1.82) is 0 Å². The van der Waals surface area contributed by atoms with Crippen molar-refractivity contribution in [2.45, 2.75) is 39.2 Å². The van der Waals surface area contributed by atoms with Crippen LogP contribution in [0.2, 0.25) is 0 Å². The summed E-state index contributed by atoms with van der Waals surface area (Å²) in [5.41, 5.74) is 8.24. The summed E-state index contributed by atoms with van der Waals surface area (Å²) in [6.07, 6.45) is 13.0. The molecule has 0 saturated heterocycles. The fourth-order valence-corrected chi connectivity index (χ4v) is 6.00. The Morgan fingerprint density at radius 1 is 1.18 bits per heavy atom. The number of hydrogen-bond donors (Lipinski definition) is 3. The first-order chi connectivity index (χ1) is 18.7. The maximum atomic E-state index is 4.99. The minimum Gasteiger partial charge on any atom is -0.340 e. The summed E-state index contributed by atoms with van der Waals surface area (Å²) in [6, 6.07) is 10.3. The minimum atomic E-state index is 0.683. The molecule has 192 valence electrons. The van der Waals surface area contributed by atoms with Gasteiger partial charge in [0.05, 0.1) is 16.9 Å². The molecule has 5 aromatic heterocycles. The highest BCUT2D eigenvalue weighted by Gasteiger charge is 2.19. The van der Waals surface area contributed by atoms with Crippen molar-refractivity contribution in [2.24, 2.45) is 5.92 Å². The smallest absolute Gasteiger partial charge is 0.161 e. The van der Waals surface area contributed by atoms with E-state index >= 15 is 0 Å². The highest BCUT2D eigenvalue weighted by Crippen LogP contribution is 2.32. The fourth-order valence-electron chi connectivity index (χ4n) is 5.25. The molecule has 5 heterocycles. The molecule has 5 aromatic rings. The van der Waals surface area contributed by atoms with Crippen molar-refractivity contribution in [2.75, 3.05) is 6.54 Å². The molecule has 1 fully saturated rings. The largest absolute Gasteiger partial charge is 0.340 e. The molecule has 0 aliphatic heterocycles. The Kier molecular flexibility index (Phi) is 6.98. The van der Waals surface area contributed by atoms with Gasteiger partial charge in [0.2, 0.25) is 0 Å². The van der Waals surface area contributed by atoms with Crippen molar-refractivity contribution < 1.29 is 0 Å². The Hall–Kier alpha value is -3.88. The number of pyridine rings is 2. The molecule has 6 rings (SSSR count). The van der Waals surface area contributed by atoms with Crippen LogP contribution in [0.4, 0.5) is 0 Å². The molecule has 0 radical (unpaired) electrons. The van der Waals surface area contributed by atoms with Gasteiger partial charge in [-0.05, 0) is 67.4 Å². The highest BCUT2D eigenvalue weighted by atomic mass is 32.1. The topological polar surface area (TPSA) is 95.2 Å². The Labute approximate surface area is 226 Å². The maximum Gasteiger partial charge on any atom is 0.161 e. The number of allylic oxidation sites excluding steroid dienone is 2. The molecule has 3 N–H and O–H groups in total. The summed E-state index contributed by atoms with van der Waals surface area (Å²) in [4.78, 5) is 19.0. The van der Waals surface area contributed by atoms with Gasteiger partial charge < -0.3 is 10.3 Å². The van der Waals surface area contributed by atoms with E-state index in [2.05, 4.69) is 49.6 Å². The van der Waals surface area contributed by atoms with Crippen LogP contribution in [-0.4, -0.2) is 36.7 Å². The number of imidazole rings is 1. The second kappa shape index (κ2) is 10.8. The molecule has 0 unspecified atom stereocenters. The number of fused-ring (bicyclic) bond motifs is 1. The highest BCUT2D eigenvalue weighted by molar-refractivity contribution is 7.11. The first kappa shape index (κ1) is 24.5. The van der Waals surface area contributed by atoms with Crippen LogP contribution in [0.5, 0.6) is 0 Å². The minimum absolute atomic E-state index is 0.683. The van der Waals surface area contributed by atoms with E-state index in [1.165, 1.54) is 25.7 Å². The number of aromatic amines is 2. The van der Waals surface area contributed by atoms with Gasteiger partial charge in [0.1, 0.15) is 5.52 Å². The summed E-state index contributed by atoms with van der Waals surface area (Å²) in [7, 11) is 0. The Morgan fingerprint density at radius 2 is 2.08 bits per heavy atom. The number of H-pyrrole nitrogens is 2. The first-order valence-electron chi connectivity index (χ1n) is 13.1. The average molecular weight is 522 g/mol. The van der Waals surface area contributed by atoms with E-state index in [9.17, 15) is 0 Å². The van der Waals surface area contributed by atoms with E-state index in [4.69, 9.17) is 9.97 Å². The van der Waals surface area contributed by atoms with E-state index in [1.807, 2.05) is 43.6 Å². The number of aryl methyl sites for hydroxylation is 1. The van der Waals surface area contributed by atoms with Crippen LogP contribution in [0.25, 0.3) is 39.4 Å². The predicted molar refractivity (Wildman–Crippen MR) is 155 cm³/mol. The van der Waals surface area contributed by atoms with E-state index in [1.54, 1.807) is 17.4 Å². The summed E-state index contributed by atoms with van der Waals surface area (Å²) < 4.78 is 0. The quantitative estimate of drug-likeness (QED) is 0.188. The van der Waals surface area contributed by atoms with Crippen LogP contribution in [-0.2, 0) is 6.54 Å². The third kappa shape index (κ3) is 4.97. The van der Waals surface area contributed by atoms with Gasteiger partial charge in [0.15, 0.2) is 11.5 Å². The Balaban J connectivity index is 1.29. The number of thiophene rings is 1. The zero-order valence-corrected chi connectivity index (χ0v) is 22.3. The molecule has 1 saturated carbocycles. The average Bonchev–Trinajstić information content (AvgIpc) is 3.75. The molecular formula is C30H31N7S. The summed E-state index contributed by atoms with van der Waals surface area (Å²) in [5, 5.41) is 13.4. The van der Waals surface area contributed by atoms with Gasteiger partial charge in [-0.2, -0.15) is 5.10 Å². The van der Waals surface area contributed by atoms with Crippen molar-refractivity contribution >= 4 is 27.9 Å². The van der Waals surface area contributed by atoms with Crippen molar-refractivity contribution in [3.8, 4) is 22.8 Å². The van der Waals surface area contributed by atoms with Gasteiger partial charge in [0, 0.05) is 40.6 Å². The standard InChI is InChI=1S/C30H31N7S/c1-3-7-23(26-10-6-13-38-26)27-19(2)33-30(35-27)29-28-25(36-37-29)12-11-24(34-28)22-14-21(17-32-18-22)16-31-15-20-8-4-5-9-20/h3,6-7,10-14,17-18,20,31H,1,4-5,8-9,15-16H2,2H3,(H,33,35)(H,36,37)/b23-7-. The van der Waals surface area contributed by atoms with Crippen LogP contribution < -0.4 is 5.32 Å². The van der Waals surface area contributed by atoms with E-state index in [-0.39, 0.29) is 0 Å². The zero-order chi connectivity index (χ0) is 25.9. The van der Waals surface area contributed by atoms with E-state index in [0.717, 1.165) is 68.7 Å². The monoisotopic (exact) mass is 521 g/mol. The molecule has 1 aliphatic rings. The van der Waals surface area contributed by atoms with Crippen LogP contribution in [0.1, 0.15) is 47.5 Å². The number of nitrogens with zero attached hydrogens (tertiary/aromatic N) is 4. The van der Waals surface area contributed by atoms with E-state index in [0.29, 0.717) is 11.5 Å². The van der Waals surface area contributed by atoms with Gasteiger partial charge in [0.25, 0.3) is 0 Å². The normalized spacial score (nSPS) is 14.5. The second-order valence-electron chi connectivity index (χ2n) is 9.88. The molecule has 0 atom stereocenters. The molecule has 0 amide bonds.